The van der Waals surface area contributed by atoms with Crippen molar-refractivity contribution >= 4 is 10.8 Å². The highest BCUT2D eigenvalue weighted by molar-refractivity contribution is 5.84. The minimum atomic E-state index is 0.587. The monoisotopic (exact) mass is 256 g/mol. The van der Waals surface area contributed by atoms with Crippen LogP contribution in [0.4, 0.5) is 0 Å². The summed E-state index contributed by atoms with van der Waals surface area (Å²) in [6, 6.07) is 9.13. The van der Waals surface area contributed by atoms with E-state index in [2.05, 4.69) is 48.4 Å². The molecule has 2 aromatic rings. The molecule has 0 fully saturated rings. The fourth-order valence-corrected chi connectivity index (χ4v) is 2.43. The Morgan fingerprint density at radius 1 is 1.21 bits per heavy atom. The van der Waals surface area contributed by atoms with Gasteiger partial charge in [0.2, 0.25) is 0 Å². The first-order chi connectivity index (χ1) is 9.31. The molecule has 0 spiro atoms. The molecule has 0 bridgehead atoms. The molecular formula is C17H24N2. The lowest BCUT2D eigenvalue weighted by Gasteiger charge is -2.14. The molecule has 0 radical (unpaired) electrons. The van der Waals surface area contributed by atoms with Gasteiger partial charge >= 0.3 is 0 Å². The number of unbranched alkanes of at least 4 members (excludes halogenated alkanes) is 2. The van der Waals surface area contributed by atoms with E-state index in [4.69, 9.17) is 0 Å². The Hall–Kier alpha value is -1.41. The molecule has 0 saturated heterocycles. The van der Waals surface area contributed by atoms with E-state index in [0.717, 1.165) is 6.54 Å². The van der Waals surface area contributed by atoms with Gasteiger partial charge < -0.3 is 5.32 Å². The molecule has 1 unspecified atom stereocenters. The highest BCUT2D eigenvalue weighted by Gasteiger charge is 2.04. The molecule has 0 aliphatic carbocycles. The van der Waals surface area contributed by atoms with Crippen LogP contribution in [0.25, 0.3) is 10.8 Å². The maximum absolute atomic E-state index is 4.18. The van der Waals surface area contributed by atoms with E-state index >= 15 is 0 Å². The first-order valence-corrected chi connectivity index (χ1v) is 7.36. The number of hydrogen-bond acceptors (Lipinski definition) is 2. The van der Waals surface area contributed by atoms with Crippen molar-refractivity contribution in [3.63, 3.8) is 0 Å². The third-order valence-corrected chi connectivity index (χ3v) is 3.65. The van der Waals surface area contributed by atoms with Crippen LogP contribution in [0.2, 0.25) is 0 Å². The molecule has 1 heterocycles. The van der Waals surface area contributed by atoms with Gasteiger partial charge in [0.15, 0.2) is 0 Å². The average Bonchev–Trinajstić information content (AvgIpc) is 2.45. The van der Waals surface area contributed by atoms with Gasteiger partial charge in [0.25, 0.3) is 0 Å². The van der Waals surface area contributed by atoms with Crippen LogP contribution < -0.4 is 5.32 Å². The predicted octanol–water partition coefficient (Wildman–Crippen LogP) is 4.29. The summed E-state index contributed by atoms with van der Waals surface area (Å²) in [6.45, 7) is 5.47. The van der Waals surface area contributed by atoms with Gasteiger partial charge in [-0.2, -0.15) is 0 Å². The van der Waals surface area contributed by atoms with Crippen molar-refractivity contribution in [3.8, 4) is 0 Å². The number of fused-ring (bicyclic) bond motifs is 1. The number of pyridine rings is 1. The summed E-state index contributed by atoms with van der Waals surface area (Å²) in [7, 11) is 0. The fraction of sp³-hybridized carbons (Fsp3) is 0.471. The maximum atomic E-state index is 4.18. The molecule has 1 aromatic heterocycles. The summed E-state index contributed by atoms with van der Waals surface area (Å²) in [5, 5.41) is 6.16. The molecule has 19 heavy (non-hydrogen) atoms. The second kappa shape index (κ2) is 7.25. The van der Waals surface area contributed by atoms with E-state index in [1.54, 1.807) is 0 Å². The van der Waals surface area contributed by atoms with Gasteiger partial charge in [0.05, 0.1) is 0 Å². The molecular weight excluding hydrogens is 232 g/mol. The molecule has 2 rings (SSSR count). The maximum Gasteiger partial charge on any atom is 0.0346 e. The van der Waals surface area contributed by atoms with Gasteiger partial charge in [-0.25, -0.2) is 0 Å². The molecule has 0 amide bonds. The summed E-state index contributed by atoms with van der Waals surface area (Å²) in [5.41, 5.74) is 1.36. The first-order valence-electron chi connectivity index (χ1n) is 7.36. The van der Waals surface area contributed by atoms with Crippen LogP contribution in [-0.2, 0) is 6.54 Å². The predicted molar refractivity (Wildman–Crippen MR) is 82.2 cm³/mol. The van der Waals surface area contributed by atoms with Crippen LogP contribution in [0.3, 0.4) is 0 Å². The summed E-state index contributed by atoms with van der Waals surface area (Å²) in [6.07, 6.45) is 9.03. The van der Waals surface area contributed by atoms with Crippen LogP contribution in [0.1, 0.15) is 45.1 Å². The quantitative estimate of drug-likeness (QED) is 0.747. The van der Waals surface area contributed by atoms with Gasteiger partial charge in [-0.05, 0) is 30.4 Å². The zero-order chi connectivity index (χ0) is 13.5. The van der Waals surface area contributed by atoms with Crippen molar-refractivity contribution in [2.45, 2.75) is 52.1 Å². The average molecular weight is 256 g/mol. The number of nitrogens with one attached hydrogen (secondary N) is 1. The first kappa shape index (κ1) is 14.0. The van der Waals surface area contributed by atoms with E-state index in [-0.39, 0.29) is 0 Å². The summed E-state index contributed by atoms with van der Waals surface area (Å²) in [5.74, 6) is 0. The van der Waals surface area contributed by atoms with Crippen molar-refractivity contribution < 1.29 is 0 Å². The molecule has 1 N–H and O–H groups in total. The lowest BCUT2D eigenvalue weighted by Crippen LogP contribution is -2.25. The third kappa shape index (κ3) is 4.03. The summed E-state index contributed by atoms with van der Waals surface area (Å²) < 4.78 is 0. The molecule has 0 saturated carbocycles. The Labute approximate surface area is 116 Å². The standard InChI is InChI=1S/C17H24N2/c1-3-4-5-7-14(2)19-13-16-9-6-8-15-12-18-11-10-17(15)16/h6,8-12,14,19H,3-5,7,13H2,1-2H3. The van der Waals surface area contributed by atoms with E-state index in [1.807, 2.05) is 12.4 Å². The Balaban J connectivity index is 1.94. The minimum absolute atomic E-state index is 0.587. The van der Waals surface area contributed by atoms with Gasteiger partial charge in [0.1, 0.15) is 0 Å². The molecule has 0 aliphatic heterocycles. The SMILES string of the molecule is CCCCCC(C)NCc1cccc2cnccc12. The van der Waals surface area contributed by atoms with Gasteiger partial charge in [-0.3, -0.25) is 4.98 Å². The Bertz CT molecular complexity index is 502. The van der Waals surface area contributed by atoms with E-state index in [9.17, 15) is 0 Å². The number of aromatic nitrogens is 1. The molecule has 2 nitrogen and oxygen atoms in total. The van der Waals surface area contributed by atoms with Crippen molar-refractivity contribution in [1.82, 2.24) is 10.3 Å². The lowest BCUT2D eigenvalue weighted by molar-refractivity contribution is 0.488. The Morgan fingerprint density at radius 3 is 2.95 bits per heavy atom. The molecule has 1 aromatic carbocycles. The number of benzene rings is 1. The molecule has 0 aliphatic rings. The zero-order valence-corrected chi connectivity index (χ0v) is 12.0. The highest BCUT2D eigenvalue weighted by Crippen LogP contribution is 2.17. The van der Waals surface area contributed by atoms with Gasteiger partial charge in [-0.15, -0.1) is 0 Å². The Morgan fingerprint density at radius 2 is 2.11 bits per heavy atom. The van der Waals surface area contributed by atoms with Crippen LogP contribution in [0.5, 0.6) is 0 Å². The van der Waals surface area contributed by atoms with Crippen LogP contribution in [0.15, 0.2) is 36.7 Å². The minimum Gasteiger partial charge on any atom is -0.310 e. The molecule has 2 heteroatoms. The van der Waals surface area contributed by atoms with E-state index < -0.39 is 0 Å². The second-order valence-corrected chi connectivity index (χ2v) is 5.29. The second-order valence-electron chi connectivity index (χ2n) is 5.29. The smallest absolute Gasteiger partial charge is 0.0346 e. The summed E-state index contributed by atoms with van der Waals surface area (Å²) in [4.78, 5) is 4.18. The number of nitrogens with zero attached hydrogens (tertiary/aromatic N) is 1. The lowest BCUT2D eigenvalue weighted by atomic mass is 10.1. The van der Waals surface area contributed by atoms with Crippen molar-refractivity contribution in [1.29, 1.82) is 0 Å². The van der Waals surface area contributed by atoms with Crippen LogP contribution in [-0.4, -0.2) is 11.0 Å². The van der Waals surface area contributed by atoms with Crippen molar-refractivity contribution in [2.75, 3.05) is 0 Å². The fourth-order valence-electron chi connectivity index (χ4n) is 2.43. The van der Waals surface area contributed by atoms with Crippen LogP contribution >= 0.6 is 0 Å². The topological polar surface area (TPSA) is 24.9 Å². The van der Waals surface area contributed by atoms with Crippen molar-refractivity contribution in [2.24, 2.45) is 0 Å². The van der Waals surface area contributed by atoms with Crippen molar-refractivity contribution in [3.05, 3.63) is 42.2 Å². The van der Waals surface area contributed by atoms with E-state index in [0.29, 0.717) is 6.04 Å². The van der Waals surface area contributed by atoms with Gasteiger partial charge in [-0.1, -0.05) is 44.4 Å². The van der Waals surface area contributed by atoms with Crippen LogP contribution in [0, 0.1) is 0 Å². The van der Waals surface area contributed by atoms with E-state index in [1.165, 1.54) is 42.0 Å². The molecule has 102 valence electrons. The summed E-state index contributed by atoms with van der Waals surface area (Å²) >= 11 is 0. The number of hydrogen-bond donors (Lipinski definition) is 1. The molecule has 1 atom stereocenters. The van der Waals surface area contributed by atoms with Gasteiger partial charge in [0, 0.05) is 30.4 Å². The third-order valence-electron chi connectivity index (χ3n) is 3.65. The highest BCUT2D eigenvalue weighted by atomic mass is 14.9. The largest absolute Gasteiger partial charge is 0.310 e. The Kier molecular flexibility index (Phi) is 5.34. The number of rotatable bonds is 7. The normalized spacial score (nSPS) is 12.7. The zero-order valence-electron chi connectivity index (χ0n) is 12.0.